The normalized spacial score (nSPS) is 12.7. The van der Waals surface area contributed by atoms with Crippen LogP contribution >= 0.6 is 0 Å². The van der Waals surface area contributed by atoms with Gasteiger partial charge in [0.2, 0.25) is 10.0 Å². The summed E-state index contributed by atoms with van der Waals surface area (Å²) in [6.45, 7) is 6.19. The first-order chi connectivity index (χ1) is 11.8. The lowest BCUT2D eigenvalue weighted by molar-refractivity contribution is 0.585. The number of nitrogens with one attached hydrogen (secondary N) is 1. The van der Waals surface area contributed by atoms with Crippen molar-refractivity contribution in [2.75, 3.05) is 22.3 Å². The van der Waals surface area contributed by atoms with Gasteiger partial charge >= 0.3 is 0 Å². The van der Waals surface area contributed by atoms with Crippen LogP contribution in [0.2, 0.25) is 0 Å². The van der Waals surface area contributed by atoms with Crippen molar-refractivity contribution in [3.8, 4) is 0 Å². The molecule has 26 heavy (non-hydrogen) atoms. The quantitative estimate of drug-likeness (QED) is 0.841. The van der Waals surface area contributed by atoms with Crippen LogP contribution in [0, 0.1) is 0 Å². The average molecular weight is 397 g/mol. The summed E-state index contributed by atoms with van der Waals surface area (Å²) >= 11 is 0. The maximum Gasteiger partial charge on any atom is 0.264 e. The first-order valence-corrected chi connectivity index (χ1v) is 11.3. The van der Waals surface area contributed by atoms with Crippen molar-refractivity contribution in [1.82, 2.24) is 0 Å². The van der Waals surface area contributed by atoms with Crippen molar-refractivity contribution in [2.24, 2.45) is 0 Å². The molecule has 0 saturated heterocycles. The Balaban J connectivity index is 2.28. The Morgan fingerprint density at radius 2 is 1.35 bits per heavy atom. The fraction of sp³-hybridized carbons (Fsp3) is 0.333. The molecule has 0 heterocycles. The second-order valence-corrected chi connectivity index (χ2v) is 10.9. The zero-order chi connectivity index (χ0) is 19.8. The van der Waals surface area contributed by atoms with Crippen LogP contribution < -0.4 is 9.03 Å². The maximum atomic E-state index is 12.8. The molecule has 0 aliphatic rings. The SMILES string of the molecule is CN(c1ccc(NS(C)(=O)=O)cc1)S(=O)(=O)c1ccc(C(C)(C)C)cc1. The van der Waals surface area contributed by atoms with Crippen LogP contribution in [0.1, 0.15) is 26.3 Å². The van der Waals surface area contributed by atoms with E-state index in [0.717, 1.165) is 11.8 Å². The van der Waals surface area contributed by atoms with E-state index in [1.165, 1.54) is 23.5 Å². The zero-order valence-electron chi connectivity index (χ0n) is 15.5. The zero-order valence-corrected chi connectivity index (χ0v) is 17.1. The van der Waals surface area contributed by atoms with E-state index in [-0.39, 0.29) is 10.3 Å². The van der Waals surface area contributed by atoms with E-state index in [9.17, 15) is 16.8 Å². The Morgan fingerprint density at radius 3 is 1.77 bits per heavy atom. The van der Waals surface area contributed by atoms with Gasteiger partial charge in [-0.2, -0.15) is 0 Å². The number of benzene rings is 2. The highest BCUT2D eigenvalue weighted by atomic mass is 32.2. The molecule has 0 fully saturated rings. The van der Waals surface area contributed by atoms with E-state index in [1.54, 1.807) is 24.3 Å². The van der Waals surface area contributed by atoms with Crippen LogP contribution in [0.15, 0.2) is 53.4 Å². The van der Waals surface area contributed by atoms with Gasteiger partial charge in [-0.15, -0.1) is 0 Å². The van der Waals surface area contributed by atoms with Gasteiger partial charge in [0.15, 0.2) is 0 Å². The lowest BCUT2D eigenvalue weighted by atomic mass is 9.87. The van der Waals surface area contributed by atoms with Crippen molar-refractivity contribution in [3.05, 3.63) is 54.1 Å². The molecule has 2 rings (SSSR count). The van der Waals surface area contributed by atoms with Crippen molar-refractivity contribution in [1.29, 1.82) is 0 Å². The van der Waals surface area contributed by atoms with E-state index < -0.39 is 20.0 Å². The van der Waals surface area contributed by atoms with Gasteiger partial charge in [-0.3, -0.25) is 9.03 Å². The molecule has 2 aromatic carbocycles. The molecule has 0 aliphatic heterocycles. The molecule has 0 spiro atoms. The Kier molecular flexibility index (Phi) is 5.39. The third-order valence-corrected chi connectivity index (χ3v) is 6.32. The first-order valence-electron chi connectivity index (χ1n) is 7.98. The van der Waals surface area contributed by atoms with Crippen molar-refractivity contribution < 1.29 is 16.8 Å². The van der Waals surface area contributed by atoms with Crippen molar-refractivity contribution in [3.63, 3.8) is 0 Å². The van der Waals surface area contributed by atoms with Crippen LogP contribution in [-0.2, 0) is 25.5 Å². The molecule has 8 heteroatoms. The molecule has 0 amide bonds. The molecule has 142 valence electrons. The monoisotopic (exact) mass is 396 g/mol. The first kappa shape index (κ1) is 20.3. The van der Waals surface area contributed by atoms with Gasteiger partial charge in [-0.05, 0) is 47.4 Å². The second-order valence-electron chi connectivity index (χ2n) is 7.17. The topological polar surface area (TPSA) is 83.6 Å². The standard InChI is InChI=1S/C18H24N2O4S2/c1-18(2,3)14-6-12-17(13-7-14)26(23,24)20(4)16-10-8-15(9-11-16)19-25(5,21)22/h6-13,19H,1-5H3. The molecule has 0 radical (unpaired) electrons. The number of rotatable bonds is 5. The predicted octanol–water partition coefficient (Wildman–Crippen LogP) is 3.18. The summed E-state index contributed by atoms with van der Waals surface area (Å²) in [5, 5.41) is 0. The summed E-state index contributed by atoms with van der Waals surface area (Å²) in [7, 11) is -5.62. The highest BCUT2D eigenvalue weighted by molar-refractivity contribution is 7.92. The molecular formula is C18H24N2O4S2. The lowest BCUT2D eigenvalue weighted by Gasteiger charge is -2.22. The number of nitrogens with zero attached hydrogens (tertiary/aromatic N) is 1. The Bertz CT molecular complexity index is 973. The van der Waals surface area contributed by atoms with E-state index >= 15 is 0 Å². The van der Waals surface area contributed by atoms with Crippen molar-refractivity contribution >= 4 is 31.4 Å². The van der Waals surface area contributed by atoms with Crippen LogP contribution in [-0.4, -0.2) is 30.1 Å². The Hall–Kier alpha value is -2.06. The van der Waals surface area contributed by atoms with E-state index in [2.05, 4.69) is 25.5 Å². The van der Waals surface area contributed by atoms with Crippen molar-refractivity contribution in [2.45, 2.75) is 31.1 Å². The highest BCUT2D eigenvalue weighted by Gasteiger charge is 2.22. The molecule has 0 aliphatic carbocycles. The van der Waals surface area contributed by atoms with Crippen LogP contribution in [0.25, 0.3) is 0 Å². The summed E-state index contributed by atoms with van der Waals surface area (Å²) in [6.07, 6.45) is 1.05. The predicted molar refractivity (Wildman–Crippen MR) is 106 cm³/mol. The molecule has 2 aromatic rings. The van der Waals surface area contributed by atoms with E-state index in [4.69, 9.17) is 0 Å². The number of anilines is 2. The van der Waals surface area contributed by atoms with Gasteiger partial charge in [0.25, 0.3) is 10.0 Å². The summed E-state index contributed by atoms with van der Waals surface area (Å²) < 4.78 is 51.6. The Morgan fingerprint density at radius 1 is 0.846 bits per heavy atom. The maximum absolute atomic E-state index is 12.8. The lowest BCUT2D eigenvalue weighted by Crippen LogP contribution is -2.26. The van der Waals surface area contributed by atoms with Gasteiger partial charge in [-0.25, -0.2) is 16.8 Å². The summed E-state index contributed by atoms with van der Waals surface area (Å²) in [5.74, 6) is 0. The van der Waals surface area contributed by atoms with Gasteiger partial charge in [0, 0.05) is 12.7 Å². The minimum atomic E-state index is -3.71. The Labute approximate surface area is 156 Å². The molecule has 0 bridgehead atoms. The van der Waals surface area contributed by atoms with Gasteiger partial charge in [0.05, 0.1) is 16.8 Å². The summed E-state index contributed by atoms with van der Waals surface area (Å²) in [5.41, 5.74) is 1.80. The average Bonchev–Trinajstić information content (AvgIpc) is 2.52. The fourth-order valence-corrected chi connectivity index (χ4v) is 4.14. The molecular weight excluding hydrogens is 372 g/mol. The summed E-state index contributed by atoms with van der Waals surface area (Å²) in [4.78, 5) is 0.200. The third kappa shape index (κ3) is 4.76. The molecule has 0 atom stereocenters. The van der Waals surface area contributed by atoms with Gasteiger partial charge in [-0.1, -0.05) is 32.9 Å². The van der Waals surface area contributed by atoms with Crippen LogP contribution in [0.5, 0.6) is 0 Å². The highest BCUT2D eigenvalue weighted by Crippen LogP contribution is 2.27. The molecule has 6 nitrogen and oxygen atoms in total. The second kappa shape index (κ2) is 6.92. The van der Waals surface area contributed by atoms with Crippen LogP contribution in [0.4, 0.5) is 11.4 Å². The molecule has 0 saturated carbocycles. The summed E-state index contributed by atoms with van der Waals surface area (Å²) in [6, 6.07) is 13.0. The number of hydrogen-bond acceptors (Lipinski definition) is 4. The van der Waals surface area contributed by atoms with E-state index in [0.29, 0.717) is 11.4 Å². The van der Waals surface area contributed by atoms with Gasteiger partial charge in [0.1, 0.15) is 0 Å². The smallest absolute Gasteiger partial charge is 0.264 e. The fourth-order valence-electron chi connectivity index (χ4n) is 2.38. The van der Waals surface area contributed by atoms with Crippen LogP contribution in [0.3, 0.4) is 0 Å². The minimum Gasteiger partial charge on any atom is -0.284 e. The molecule has 0 aromatic heterocycles. The minimum absolute atomic E-state index is 0.0589. The largest absolute Gasteiger partial charge is 0.284 e. The number of sulfonamides is 2. The molecule has 0 unspecified atom stereocenters. The van der Waals surface area contributed by atoms with Gasteiger partial charge < -0.3 is 0 Å². The molecule has 1 N–H and O–H groups in total. The van der Waals surface area contributed by atoms with E-state index in [1.807, 2.05) is 12.1 Å². The third-order valence-electron chi connectivity index (χ3n) is 3.91. The number of hydrogen-bond donors (Lipinski definition) is 1.